The second kappa shape index (κ2) is 7.33. The summed E-state index contributed by atoms with van der Waals surface area (Å²) < 4.78 is 7.16. The molecule has 2 heterocycles. The maximum atomic E-state index is 12.5. The molecule has 3 aromatic rings. The van der Waals surface area contributed by atoms with Crippen LogP contribution in [0.5, 0.6) is 0 Å². The zero-order valence-electron chi connectivity index (χ0n) is 13.8. The number of benzene rings is 1. The van der Waals surface area contributed by atoms with Gasteiger partial charge in [-0.15, -0.1) is 0 Å². The van der Waals surface area contributed by atoms with Gasteiger partial charge >= 0.3 is 0 Å². The molecule has 1 N–H and O–H groups in total. The summed E-state index contributed by atoms with van der Waals surface area (Å²) in [6, 6.07) is 10.5. The molecule has 7 heteroatoms. The molecule has 0 aliphatic heterocycles. The molecule has 1 amide bonds. The quantitative estimate of drug-likeness (QED) is 0.688. The predicted molar refractivity (Wildman–Crippen MR) is 98.6 cm³/mol. The third-order valence-electron chi connectivity index (χ3n) is 3.62. The number of nitrogens with one attached hydrogen (secondary N) is 1. The predicted octanol–water partition coefficient (Wildman–Crippen LogP) is 4.89. The highest BCUT2D eigenvalue weighted by molar-refractivity contribution is 6.42. The first kappa shape index (κ1) is 17.6. The lowest BCUT2D eigenvalue weighted by Crippen LogP contribution is -2.26. The molecule has 0 spiro atoms. The van der Waals surface area contributed by atoms with Crippen molar-refractivity contribution in [2.24, 2.45) is 0 Å². The van der Waals surface area contributed by atoms with E-state index in [9.17, 15) is 4.79 Å². The lowest BCUT2D eigenvalue weighted by atomic mass is 10.2. The molecular weight excluding hydrogens is 361 g/mol. The smallest absolute Gasteiger partial charge is 0.270 e. The Kier molecular flexibility index (Phi) is 5.16. The molecule has 0 bridgehead atoms. The zero-order chi connectivity index (χ0) is 18.0. The van der Waals surface area contributed by atoms with Crippen LogP contribution in [0.3, 0.4) is 0 Å². The van der Waals surface area contributed by atoms with Crippen LogP contribution in [0.25, 0.3) is 17.1 Å². The Morgan fingerprint density at radius 3 is 2.64 bits per heavy atom. The number of rotatable bonds is 5. The van der Waals surface area contributed by atoms with Crippen molar-refractivity contribution in [2.75, 3.05) is 6.54 Å². The van der Waals surface area contributed by atoms with Crippen LogP contribution in [0, 0.1) is 6.92 Å². The highest BCUT2D eigenvalue weighted by atomic mass is 35.5. The van der Waals surface area contributed by atoms with E-state index < -0.39 is 0 Å². The van der Waals surface area contributed by atoms with E-state index >= 15 is 0 Å². The molecule has 0 saturated carbocycles. The molecule has 130 valence electrons. The number of carbonyl (C=O) groups excluding carboxylic acids is 1. The summed E-state index contributed by atoms with van der Waals surface area (Å²) in [6.45, 7) is 4.43. The van der Waals surface area contributed by atoms with Gasteiger partial charge < -0.3 is 9.73 Å². The van der Waals surface area contributed by atoms with Gasteiger partial charge in [-0.2, -0.15) is 5.10 Å². The minimum Gasteiger partial charge on any atom is -0.460 e. The number of hydrogen-bond donors (Lipinski definition) is 1. The van der Waals surface area contributed by atoms with Crippen molar-refractivity contribution < 1.29 is 9.21 Å². The van der Waals surface area contributed by atoms with E-state index in [1.54, 1.807) is 28.9 Å². The highest BCUT2D eigenvalue weighted by Gasteiger charge is 2.19. The Bertz CT molecular complexity index is 915. The van der Waals surface area contributed by atoms with Crippen molar-refractivity contribution in [3.63, 3.8) is 0 Å². The standard InChI is InChI=1S/C18H17Cl2N3O2/c1-3-8-21-18(24)16-10-15(17-7-4-11(2)25-17)22-23(16)12-5-6-13(19)14(20)9-12/h4-7,9-10H,3,8H2,1-2H3,(H,21,24). The second-order valence-corrected chi connectivity index (χ2v) is 6.41. The number of nitrogens with zero attached hydrogens (tertiary/aromatic N) is 2. The van der Waals surface area contributed by atoms with E-state index in [1.165, 1.54) is 0 Å². The Morgan fingerprint density at radius 2 is 2.00 bits per heavy atom. The van der Waals surface area contributed by atoms with E-state index in [-0.39, 0.29) is 5.91 Å². The SMILES string of the molecule is CCCNC(=O)c1cc(-c2ccc(C)o2)nn1-c1ccc(Cl)c(Cl)c1. The molecule has 0 radical (unpaired) electrons. The Labute approximate surface area is 155 Å². The van der Waals surface area contributed by atoms with Gasteiger partial charge in [-0.05, 0) is 43.7 Å². The molecule has 0 saturated heterocycles. The molecule has 0 unspecified atom stereocenters. The first-order chi connectivity index (χ1) is 12.0. The Hall–Kier alpha value is -2.24. The number of halogens is 2. The number of furan rings is 1. The van der Waals surface area contributed by atoms with Crippen molar-refractivity contribution in [3.8, 4) is 17.1 Å². The highest BCUT2D eigenvalue weighted by Crippen LogP contribution is 2.27. The Morgan fingerprint density at radius 1 is 1.20 bits per heavy atom. The molecule has 0 aliphatic carbocycles. The van der Waals surface area contributed by atoms with E-state index in [0.29, 0.717) is 39.4 Å². The summed E-state index contributed by atoms with van der Waals surface area (Å²) in [5.74, 6) is 1.16. The van der Waals surface area contributed by atoms with Crippen LogP contribution in [0.4, 0.5) is 0 Å². The molecule has 2 aromatic heterocycles. The zero-order valence-corrected chi connectivity index (χ0v) is 15.4. The van der Waals surface area contributed by atoms with Gasteiger partial charge in [0, 0.05) is 12.6 Å². The largest absolute Gasteiger partial charge is 0.460 e. The molecule has 1 aromatic carbocycles. The Balaban J connectivity index is 2.09. The minimum absolute atomic E-state index is 0.213. The topological polar surface area (TPSA) is 60.1 Å². The molecule has 5 nitrogen and oxygen atoms in total. The van der Waals surface area contributed by atoms with E-state index in [1.807, 2.05) is 26.0 Å². The fourth-order valence-corrected chi connectivity index (χ4v) is 2.67. The second-order valence-electron chi connectivity index (χ2n) is 5.59. The molecule has 0 aliphatic rings. The lowest BCUT2D eigenvalue weighted by molar-refractivity contribution is 0.0946. The molecule has 3 rings (SSSR count). The average Bonchev–Trinajstić information content (AvgIpc) is 3.21. The minimum atomic E-state index is -0.213. The third kappa shape index (κ3) is 3.72. The van der Waals surface area contributed by atoms with Crippen LogP contribution in [-0.4, -0.2) is 22.2 Å². The van der Waals surface area contributed by atoms with E-state index in [0.717, 1.165) is 12.2 Å². The fourth-order valence-electron chi connectivity index (χ4n) is 2.38. The summed E-state index contributed by atoms with van der Waals surface area (Å²) in [6.07, 6.45) is 0.844. The summed E-state index contributed by atoms with van der Waals surface area (Å²) >= 11 is 12.1. The van der Waals surface area contributed by atoms with Crippen LogP contribution in [0.15, 0.2) is 40.8 Å². The van der Waals surface area contributed by atoms with Gasteiger partial charge in [-0.25, -0.2) is 4.68 Å². The number of amides is 1. The van der Waals surface area contributed by atoms with Gasteiger partial charge in [0.2, 0.25) is 0 Å². The average molecular weight is 378 g/mol. The normalized spacial score (nSPS) is 10.9. The molecule has 0 fully saturated rings. The summed E-state index contributed by atoms with van der Waals surface area (Å²) in [7, 11) is 0. The maximum absolute atomic E-state index is 12.5. The molecular formula is C18H17Cl2N3O2. The third-order valence-corrected chi connectivity index (χ3v) is 4.36. The van der Waals surface area contributed by atoms with Crippen molar-refractivity contribution in [2.45, 2.75) is 20.3 Å². The van der Waals surface area contributed by atoms with Crippen LogP contribution in [0.2, 0.25) is 10.0 Å². The number of aromatic nitrogens is 2. The monoisotopic (exact) mass is 377 g/mol. The summed E-state index contributed by atoms with van der Waals surface area (Å²) in [5.41, 5.74) is 1.61. The van der Waals surface area contributed by atoms with Gasteiger partial charge in [0.15, 0.2) is 5.76 Å². The lowest BCUT2D eigenvalue weighted by Gasteiger charge is -2.08. The van der Waals surface area contributed by atoms with Crippen molar-refractivity contribution in [3.05, 3.63) is 57.9 Å². The first-order valence-corrected chi connectivity index (χ1v) is 8.65. The maximum Gasteiger partial charge on any atom is 0.270 e. The summed E-state index contributed by atoms with van der Waals surface area (Å²) in [5, 5.41) is 8.22. The van der Waals surface area contributed by atoms with Crippen LogP contribution >= 0.6 is 23.2 Å². The molecule has 25 heavy (non-hydrogen) atoms. The van der Waals surface area contributed by atoms with Gasteiger partial charge in [-0.1, -0.05) is 30.1 Å². The fraction of sp³-hybridized carbons (Fsp3) is 0.222. The van der Waals surface area contributed by atoms with Gasteiger partial charge in [-0.3, -0.25) is 4.79 Å². The number of aryl methyl sites for hydroxylation is 1. The van der Waals surface area contributed by atoms with Crippen LogP contribution in [-0.2, 0) is 0 Å². The van der Waals surface area contributed by atoms with Gasteiger partial charge in [0.25, 0.3) is 5.91 Å². The van der Waals surface area contributed by atoms with Gasteiger partial charge in [0.05, 0.1) is 15.7 Å². The van der Waals surface area contributed by atoms with Gasteiger partial charge in [0.1, 0.15) is 17.1 Å². The van der Waals surface area contributed by atoms with Crippen LogP contribution < -0.4 is 5.32 Å². The van der Waals surface area contributed by atoms with Crippen molar-refractivity contribution in [1.29, 1.82) is 0 Å². The number of carbonyl (C=O) groups is 1. The van der Waals surface area contributed by atoms with Crippen LogP contribution in [0.1, 0.15) is 29.6 Å². The number of hydrogen-bond acceptors (Lipinski definition) is 3. The first-order valence-electron chi connectivity index (χ1n) is 7.90. The van der Waals surface area contributed by atoms with Crippen molar-refractivity contribution >= 4 is 29.1 Å². The van der Waals surface area contributed by atoms with Crippen molar-refractivity contribution in [1.82, 2.24) is 15.1 Å². The van der Waals surface area contributed by atoms with E-state index in [2.05, 4.69) is 10.4 Å². The summed E-state index contributed by atoms with van der Waals surface area (Å²) in [4.78, 5) is 12.5. The van der Waals surface area contributed by atoms with E-state index in [4.69, 9.17) is 27.6 Å². The molecule has 0 atom stereocenters.